The highest BCUT2D eigenvalue weighted by Crippen LogP contribution is 2.65. The Bertz CT molecular complexity index is 341. The quantitative estimate of drug-likeness (QED) is 0.608. The van der Waals surface area contributed by atoms with Crippen LogP contribution in [0.4, 0.5) is 26.3 Å². The number of hydrogen-bond donors (Lipinski definition) is 0. The average Bonchev–Trinajstić information content (AvgIpc) is 1.80. The number of rotatable bonds is 0. The predicted octanol–water partition coefficient (Wildman–Crippen LogP) is 1.83. The van der Waals surface area contributed by atoms with Crippen molar-refractivity contribution >= 4 is 9.35 Å². The molecule has 2 nitrogen and oxygen atoms in total. The van der Waals surface area contributed by atoms with Crippen LogP contribution in [0.3, 0.4) is 0 Å². The molecule has 9 heteroatoms. The number of alkyl halides is 6. The second-order valence-corrected chi connectivity index (χ2v) is 7.53. The first kappa shape index (κ1) is 11.8. The molecule has 0 bridgehead atoms. The molecule has 1 fully saturated rings. The van der Waals surface area contributed by atoms with Gasteiger partial charge in [0.05, 0.1) is 0 Å². The van der Waals surface area contributed by atoms with Crippen molar-refractivity contribution < 1.29 is 34.7 Å². The molecule has 0 aromatic heterocycles. The summed E-state index contributed by atoms with van der Waals surface area (Å²) in [6, 6.07) is 0. The minimum absolute atomic E-state index is 0.265. The fraction of sp³-hybridized carbons (Fsp3) is 1.00. The highest BCUT2D eigenvalue weighted by molar-refractivity contribution is 8.16. The summed E-state index contributed by atoms with van der Waals surface area (Å²) in [5, 5.41) is -5.07. The molecule has 1 atom stereocenters. The molecule has 0 saturated carbocycles. The standard InChI is InChI=1S/C5H6F6O2S/c1-14(2,12)5(10,11)3(6,13-14)4(7,8)9/h1-2H3. The molecule has 0 aromatic carbocycles. The summed E-state index contributed by atoms with van der Waals surface area (Å²) in [7, 11) is -5.32. The lowest BCUT2D eigenvalue weighted by Crippen LogP contribution is -2.80. The van der Waals surface area contributed by atoms with Crippen LogP contribution in [0.2, 0.25) is 0 Å². The molecular formula is C5H6F6O2S. The van der Waals surface area contributed by atoms with E-state index in [0.717, 1.165) is 0 Å². The van der Waals surface area contributed by atoms with E-state index in [-0.39, 0.29) is 12.5 Å². The first-order valence-corrected chi connectivity index (χ1v) is 5.90. The number of halogens is 6. The van der Waals surface area contributed by atoms with E-state index in [1.54, 1.807) is 0 Å². The van der Waals surface area contributed by atoms with Gasteiger partial charge >= 0.3 is 17.3 Å². The first-order valence-electron chi connectivity index (χ1n) is 3.19. The van der Waals surface area contributed by atoms with Crippen molar-refractivity contribution in [3.05, 3.63) is 0 Å². The summed E-state index contributed by atoms with van der Waals surface area (Å²) in [4.78, 5) is 0. The van der Waals surface area contributed by atoms with E-state index in [4.69, 9.17) is 0 Å². The first-order chi connectivity index (χ1) is 5.74. The molecule has 0 amide bonds. The minimum atomic E-state index is -5.91. The van der Waals surface area contributed by atoms with Crippen molar-refractivity contribution in [3.63, 3.8) is 0 Å². The van der Waals surface area contributed by atoms with Crippen LogP contribution in [0, 0.1) is 0 Å². The molecule has 1 unspecified atom stereocenters. The summed E-state index contributed by atoms with van der Waals surface area (Å²) in [5.41, 5.74) is 0. The lowest BCUT2D eigenvalue weighted by atomic mass is 10.3. The highest BCUT2D eigenvalue weighted by Gasteiger charge is 2.89. The van der Waals surface area contributed by atoms with Crippen LogP contribution in [-0.2, 0) is 13.5 Å². The van der Waals surface area contributed by atoms with E-state index in [0.29, 0.717) is 0 Å². The Balaban J connectivity index is 3.24. The molecule has 1 aliphatic heterocycles. The van der Waals surface area contributed by atoms with Crippen molar-refractivity contribution in [2.45, 2.75) is 17.3 Å². The normalized spacial score (nSPS) is 41.9. The molecular weight excluding hydrogens is 238 g/mol. The zero-order valence-corrected chi connectivity index (χ0v) is 7.81. The monoisotopic (exact) mass is 244 g/mol. The lowest BCUT2D eigenvalue weighted by molar-refractivity contribution is -0.381. The van der Waals surface area contributed by atoms with E-state index in [2.05, 4.69) is 4.18 Å². The van der Waals surface area contributed by atoms with Gasteiger partial charge in [-0.25, -0.2) is 8.39 Å². The zero-order chi connectivity index (χ0) is 11.7. The maximum Gasteiger partial charge on any atom is 0.458 e. The molecule has 0 aliphatic carbocycles. The SMILES string of the molecule is CS1(C)(=O)OC(F)(C(F)(F)F)C1(F)F. The molecule has 86 valence electrons. The van der Waals surface area contributed by atoms with Gasteiger partial charge in [-0.05, 0) is 0 Å². The highest BCUT2D eigenvalue weighted by atomic mass is 32.3. The van der Waals surface area contributed by atoms with Gasteiger partial charge in [-0.2, -0.15) is 26.3 Å². The van der Waals surface area contributed by atoms with Gasteiger partial charge < -0.3 is 0 Å². The van der Waals surface area contributed by atoms with Crippen LogP contribution in [0.5, 0.6) is 0 Å². The summed E-state index contributed by atoms with van der Waals surface area (Å²) in [6.07, 6.45) is -5.38. The maximum absolute atomic E-state index is 12.8. The van der Waals surface area contributed by atoms with Gasteiger partial charge in [0.15, 0.2) is 0 Å². The Morgan fingerprint density at radius 1 is 1.14 bits per heavy atom. The van der Waals surface area contributed by atoms with E-state index >= 15 is 0 Å². The van der Waals surface area contributed by atoms with Crippen molar-refractivity contribution in [1.29, 1.82) is 0 Å². The van der Waals surface area contributed by atoms with Gasteiger partial charge in [0.25, 0.3) is 0 Å². The van der Waals surface area contributed by atoms with Crippen molar-refractivity contribution in [3.8, 4) is 0 Å². The molecule has 0 radical (unpaired) electrons. The second kappa shape index (κ2) is 2.11. The molecule has 14 heavy (non-hydrogen) atoms. The summed E-state index contributed by atoms with van der Waals surface area (Å²) >= 11 is 0. The van der Waals surface area contributed by atoms with Crippen LogP contribution in [0.25, 0.3) is 0 Å². The summed E-state index contributed by atoms with van der Waals surface area (Å²) in [5.74, 6) is -5.15. The Kier molecular flexibility index (Phi) is 1.77. The van der Waals surface area contributed by atoms with E-state index < -0.39 is 26.6 Å². The van der Waals surface area contributed by atoms with Gasteiger partial charge in [-0.15, -0.1) is 9.35 Å². The minimum Gasteiger partial charge on any atom is -0.226 e. The Morgan fingerprint density at radius 2 is 1.50 bits per heavy atom. The van der Waals surface area contributed by atoms with Crippen LogP contribution >= 0.6 is 0 Å². The van der Waals surface area contributed by atoms with Gasteiger partial charge in [0.2, 0.25) is 0 Å². The molecule has 1 rings (SSSR count). The van der Waals surface area contributed by atoms with Crippen molar-refractivity contribution in [2.24, 2.45) is 0 Å². The fourth-order valence-electron chi connectivity index (χ4n) is 0.983. The maximum atomic E-state index is 12.8. The summed E-state index contributed by atoms with van der Waals surface area (Å²) in [6.45, 7) is 0. The van der Waals surface area contributed by atoms with E-state index in [9.17, 15) is 30.6 Å². The third-order valence-electron chi connectivity index (χ3n) is 1.82. The molecule has 1 heterocycles. The summed E-state index contributed by atoms with van der Waals surface area (Å²) < 4.78 is 87.9. The van der Waals surface area contributed by atoms with Crippen molar-refractivity contribution in [2.75, 3.05) is 12.5 Å². The largest absolute Gasteiger partial charge is 0.458 e. The van der Waals surface area contributed by atoms with E-state index in [1.807, 2.05) is 0 Å². The number of hydrogen-bond acceptors (Lipinski definition) is 2. The van der Waals surface area contributed by atoms with Gasteiger partial charge in [0.1, 0.15) is 0 Å². The topological polar surface area (TPSA) is 26.3 Å². The second-order valence-electron chi connectivity index (χ2n) is 3.41. The smallest absolute Gasteiger partial charge is 0.226 e. The fourth-order valence-corrected chi connectivity index (χ4v) is 2.73. The van der Waals surface area contributed by atoms with Crippen LogP contribution in [0.15, 0.2) is 0 Å². The van der Waals surface area contributed by atoms with Crippen molar-refractivity contribution in [1.82, 2.24) is 0 Å². The molecule has 0 N–H and O–H groups in total. The molecule has 0 spiro atoms. The third kappa shape index (κ3) is 0.992. The lowest BCUT2D eigenvalue weighted by Gasteiger charge is -2.61. The Morgan fingerprint density at radius 3 is 1.57 bits per heavy atom. The zero-order valence-electron chi connectivity index (χ0n) is 6.99. The van der Waals surface area contributed by atoms with Crippen LogP contribution in [0.1, 0.15) is 0 Å². The van der Waals surface area contributed by atoms with Gasteiger partial charge in [0, 0.05) is 12.5 Å². The third-order valence-corrected chi connectivity index (χ3v) is 4.24. The molecule has 0 aromatic rings. The van der Waals surface area contributed by atoms with Crippen LogP contribution in [-0.4, -0.2) is 34.0 Å². The van der Waals surface area contributed by atoms with E-state index in [1.165, 1.54) is 0 Å². The molecule has 1 aliphatic rings. The predicted molar refractivity (Wildman–Crippen MR) is 35.9 cm³/mol. The van der Waals surface area contributed by atoms with Gasteiger partial charge in [-0.3, -0.25) is 0 Å². The van der Waals surface area contributed by atoms with Gasteiger partial charge in [-0.1, -0.05) is 0 Å². The molecule has 1 saturated heterocycles. The average molecular weight is 244 g/mol. The Labute approximate surface area is 74.8 Å². The van der Waals surface area contributed by atoms with Crippen LogP contribution < -0.4 is 0 Å². The Hall–Kier alpha value is -0.310.